The second-order valence-electron chi connectivity index (χ2n) is 12.3. The third-order valence-corrected chi connectivity index (χ3v) is 8.38. The molecule has 0 fully saturated rings. The molecule has 0 aliphatic carbocycles. The number of carbonyl (C=O) groups is 1. The lowest BCUT2D eigenvalue weighted by Gasteiger charge is -2.24. The molecule has 0 aromatic heterocycles. The van der Waals surface area contributed by atoms with Gasteiger partial charge in [0.2, 0.25) is 5.91 Å². The Balaban J connectivity index is 3.71. The van der Waals surface area contributed by atoms with Crippen LogP contribution in [0.2, 0.25) is 0 Å². The van der Waals surface area contributed by atoms with Crippen molar-refractivity contribution in [3.8, 4) is 0 Å². The van der Waals surface area contributed by atoms with E-state index in [4.69, 9.17) is 0 Å². The Morgan fingerprint density at radius 1 is 0.550 bits per heavy atom. The summed E-state index contributed by atoms with van der Waals surface area (Å²) >= 11 is 0. The third-order valence-electron chi connectivity index (χ3n) is 8.38. The number of rotatable bonds is 31. The van der Waals surface area contributed by atoms with Crippen molar-refractivity contribution in [2.75, 3.05) is 0 Å². The van der Waals surface area contributed by atoms with Crippen molar-refractivity contribution in [3.63, 3.8) is 0 Å². The monoisotopic (exact) mass is 566 g/mol. The minimum absolute atomic E-state index is 0.265. The van der Waals surface area contributed by atoms with Crippen LogP contribution in [0.3, 0.4) is 0 Å². The van der Waals surface area contributed by atoms with E-state index in [1.807, 2.05) is 6.92 Å². The van der Waals surface area contributed by atoms with Crippen LogP contribution in [0.5, 0.6) is 0 Å². The van der Waals surface area contributed by atoms with E-state index in [0.29, 0.717) is 12.8 Å². The SMILES string of the molecule is CCCCCCC=CCCCCCCCCCC(O)C(CC)NC(=O)C(O)CCCCCCCCCCCCC. The number of nitrogens with one attached hydrogen (secondary N) is 1. The predicted octanol–water partition coefficient (Wildman–Crippen LogP) is 10.3. The molecule has 40 heavy (non-hydrogen) atoms. The molecule has 3 atom stereocenters. The Hall–Kier alpha value is -0.870. The van der Waals surface area contributed by atoms with E-state index in [9.17, 15) is 15.0 Å². The van der Waals surface area contributed by atoms with E-state index >= 15 is 0 Å². The van der Waals surface area contributed by atoms with Gasteiger partial charge in [-0.3, -0.25) is 4.79 Å². The van der Waals surface area contributed by atoms with Crippen LogP contribution < -0.4 is 5.32 Å². The van der Waals surface area contributed by atoms with Gasteiger partial charge in [-0.15, -0.1) is 0 Å². The van der Waals surface area contributed by atoms with E-state index < -0.39 is 12.2 Å². The number of unbranched alkanes of at least 4 members (excludes halogenated alkanes) is 21. The maximum Gasteiger partial charge on any atom is 0.249 e. The van der Waals surface area contributed by atoms with E-state index in [-0.39, 0.29) is 11.9 Å². The first kappa shape index (κ1) is 39.1. The molecule has 0 bridgehead atoms. The third kappa shape index (κ3) is 26.1. The fraction of sp³-hybridized carbons (Fsp3) is 0.917. The van der Waals surface area contributed by atoms with Gasteiger partial charge in [0.05, 0.1) is 12.1 Å². The lowest BCUT2D eigenvalue weighted by molar-refractivity contribution is -0.131. The van der Waals surface area contributed by atoms with Gasteiger partial charge in [-0.25, -0.2) is 0 Å². The highest BCUT2D eigenvalue weighted by Gasteiger charge is 2.22. The maximum atomic E-state index is 12.5. The summed E-state index contributed by atoms with van der Waals surface area (Å²) < 4.78 is 0. The number of aliphatic hydroxyl groups excluding tert-OH is 2. The van der Waals surface area contributed by atoms with Gasteiger partial charge in [0.1, 0.15) is 6.10 Å². The molecule has 0 radical (unpaired) electrons. The Morgan fingerprint density at radius 2 is 0.925 bits per heavy atom. The maximum absolute atomic E-state index is 12.5. The number of allylic oxidation sites excluding steroid dienone is 2. The average molecular weight is 566 g/mol. The van der Waals surface area contributed by atoms with Crippen LogP contribution in [0.15, 0.2) is 12.2 Å². The minimum Gasteiger partial charge on any atom is -0.391 e. The molecule has 0 aliphatic heterocycles. The van der Waals surface area contributed by atoms with Gasteiger partial charge in [0, 0.05) is 0 Å². The van der Waals surface area contributed by atoms with Crippen LogP contribution in [0.4, 0.5) is 0 Å². The molecular weight excluding hydrogens is 494 g/mol. The first-order valence-corrected chi connectivity index (χ1v) is 17.9. The summed E-state index contributed by atoms with van der Waals surface area (Å²) in [6.07, 6.45) is 35.4. The normalized spacial score (nSPS) is 14.0. The van der Waals surface area contributed by atoms with E-state index in [2.05, 4.69) is 31.3 Å². The molecule has 0 rings (SSSR count). The zero-order chi connectivity index (χ0) is 29.5. The van der Waals surface area contributed by atoms with Gasteiger partial charge in [-0.05, 0) is 44.9 Å². The van der Waals surface area contributed by atoms with Crippen LogP contribution in [0.25, 0.3) is 0 Å². The van der Waals surface area contributed by atoms with Gasteiger partial charge in [0.15, 0.2) is 0 Å². The van der Waals surface area contributed by atoms with Crippen molar-refractivity contribution in [1.82, 2.24) is 5.32 Å². The highest BCUT2D eigenvalue weighted by Crippen LogP contribution is 2.15. The smallest absolute Gasteiger partial charge is 0.249 e. The van der Waals surface area contributed by atoms with Crippen molar-refractivity contribution >= 4 is 5.91 Å². The second kappa shape index (κ2) is 31.1. The Kier molecular flexibility index (Phi) is 30.4. The highest BCUT2D eigenvalue weighted by molar-refractivity contribution is 5.80. The number of aliphatic hydroxyl groups is 2. The highest BCUT2D eigenvalue weighted by atomic mass is 16.3. The zero-order valence-corrected chi connectivity index (χ0v) is 27.3. The van der Waals surface area contributed by atoms with Gasteiger partial charge < -0.3 is 15.5 Å². The molecule has 0 spiro atoms. The molecule has 4 nitrogen and oxygen atoms in total. The molecule has 0 saturated heterocycles. The predicted molar refractivity (Wildman–Crippen MR) is 175 cm³/mol. The van der Waals surface area contributed by atoms with Crippen LogP contribution in [0, 0.1) is 0 Å². The van der Waals surface area contributed by atoms with Crippen LogP contribution in [0.1, 0.15) is 194 Å². The van der Waals surface area contributed by atoms with Gasteiger partial charge >= 0.3 is 0 Å². The second-order valence-corrected chi connectivity index (χ2v) is 12.3. The van der Waals surface area contributed by atoms with Gasteiger partial charge in [0.25, 0.3) is 0 Å². The summed E-state index contributed by atoms with van der Waals surface area (Å²) in [5.74, 6) is -0.315. The fourth-order valence-electron chi connectivity index (χ4n) is 5.51. The number of hydrogen-bond acceptors (Lipinski definition) is 3. The zero-order valence-electron chi connectivity index (χ0n) is 27.3. The first-order valence-electron chi connectivity index (χ1n) is 17.9. The summed E-state index contributed by atoms with van der Waals surface area (Å²) in [5.41, 5.74) is 0. The van der Waals surface area contributed by atoms with Crippen molar-refractivity contribution in [3.05, 3.63) is 12.2 Å². The quantitative estimate of drug-likeness (QED) is 0.0578. The summed E-state index contributed by atoms with van der Waals surface area (Å²) in [6.45, 7) is 6.51. The molecule has 3 N–H and O–H groups in total. The van der Waals surface area contributed by atoms with E-state index in [1.54, 1.807) is 0 Å². The largest absolute Gasteiger partial charge is 0.391 e. The molecule has 1 amide bonds. The molecule has 3 unspecified atom stereocenters. The van der Waals surface area contributed by atoms with Crippen molar-refractivity contribution < 1.29 is 15.0 Å². The Morgan fingerprint density at radius 3 is 1.38 bits per heavy atom. The molecule has 238 valence electrons. The summed E-state index contributed by atoms with van der Waals surface area (Å²) in [6, 6.07) is -0.265. The van der Waals surface area contributed by atoms with Crippen LogP contribution in [-0.4, -0.2) is 34.4 Å². The van der Waals surface area contributed by atoms with E-state index in [1.165, 1.54) is 128 Å². The lowest BCUT2D eigenvalue weighted by Crippen LogP contribution is -2.47. The van der Waals surface area contributed by atoms with E-state index in [0.717, 1.165) is 32.1 Å². The molecule has 0 aliphatic rings. The summed E-state index contributed by atoms with van der Waals surface area (Å²) in [4.78, 5) is 12.5. The average Bonchev–Trinajstić information content (AvgIpc) is 2.96. The topological polar surface area (TPSA) is 69.6 Å². The summed E-state index contributed by atoms with van der Waals surface area (Å²) in [5, 5.41) is 23.8. The van der Waals surface area contributed by atoms with Crippen LogP contribution >= 0.6 is 0 Å². The van der Waals surface area contributed by atoms with Crippen molar-refractivity contribution in [2.24, 2.45) is 0 Å². The van der Waals surface area contributed by atoms with Crippen molar-refractivity contribution in [2.45, 2.75) is 212 Å². The number of carbonyl (C=O) groups excluding carboxylic acids is 1. The fourth-order valence-corrected chi connectivity index (χ4v) is 5.51. The first-order chi connectivity index (χ1) is 19.6. The van der Waals surface area contributed by atoms with Crippen LogP contribution in [-0.2, 0) is 4.79 Å². The molecular formula is C36H71NO3. The molecule has 0 aromatic carbocycles. The van der Waals surface area contributed by atoms with Gasteiger partial charge in [-0.2, -0.15) is 0 Å². The molecule has 0 saturated carbocycles. The minimum atomic E-state index is -0.957. The summed E-state index contributed by atoms with van der Waals surface area (Å²) in [7, 11) is 0. The van der Waals surface area contributed by atoms with Gasteiger partial charge in [-0.1, -0.05) is 161 Å². The number of amides is 1. The molecule has 0 aromatic rings. The number of hydrogen-bond donors (Lipinski definition) is 3. The molecule has 4 heteroatoms. The molecule has 0 heterocycles. The Bertz CT molecular complexity index is 550. The van der Waals surface area contributed by atoms with Crippen molar-refractivity contribution in [1.29, 1.82) is 0 Å². The lowest BCUT2D eigenvalue weighted by atomic mass is 10.00. The standard InChI is InChI=1S/C36H71NO3/c1-4-7-9-11-13-15-17-18-19-20-22-23-25-27-29-31-34(38)33(6-3)37-36(40)35(39)32-30-28-26-24-21-16-14-12-10-8-5-2/h15,17,33-35,38-39H,4-14,16,18-32H2,1-3H3,(H,37,40). The Labute approximate surface area is 250 Å².